The van der Waals surface area contributed by atoms with E-state index in [0.717, 1.165) is 12.5 Å². The predicted molar refractivity (Wildman–Crippen MR) is 80.4 cm³/mol. The van der Waals surface area contributed by atoms with E-state index in [1.165, 1.54) is 35.4 Å². The maximum Gasteiger partial charge on any atom is 0.0653 e. The second-order valence-corrected chi connectivity index (χ2v) is 6.09. The molecule has 1 nitrogen and oxygen atoms in total. The summed E-state index contributed by atoms with van der Waals surface area (Å²) >= 11 is 0. The highest BCUT2D eigenvalue weighted by molar-refractivity contribution is 5.71. The Morgan fingerprint density at radius 3 is 2.68 bits per heavy atom. The molecular weight excluding hydrogens is 230 g/mol. The van der Waals surface area contributed by atoms with Gasteiger partial charge in [0, 0.05) is 5.22 Å². The fourth-order valence-electron chi connectivity index (χ4n) is 3.59. The molecular formula is C18H23N. The van der Waals surface area contributed by atoms with Crippen LogP contribution in [-0.4, -0.2) is 6.54 Å². The van der Waals surface area contributed by atoms with E-state index in [-0.39, 0.29) is 0 Å². The summed E-state index contributed by atoms with van der Waals surface area (Å²) < 4.78 is 0. The van der Waals surface area contributed by atoms with E-state index >= 15 is 0 Å². The number of para-hydroxylation sites is 1. The van der Waals surface area contributed by atoms with Crippen molar-refractivity contribution in [2.75, 3.05) is 6.54 Å². The summed E-state index contributed by atoms with van der Waals surface area (Å²) in [6.07, 6.45) is 6.25. The number of allylic oxidation sites excluding steroid dienone is 1. The van der Waals surface area contributed by atoms with E-state index in [0.29, 0.717) is 5.41 Å². The van der Waals surface area contributed by atoms with Gasteiger partial charge in [-0.15, -0.1) is 0 Å². The van der Waals surface area contributed by atoms with E-state index in [2.05, 4.69) is 51.1 Å². The van der Waals surface area contributed by atoms with E-state index in [4.69, 9.17) is 4.99 Å². The van der Waals surface area contributed by atoms with Crippen LogP contribution >= 0.6 is 0 Å². The van der Waals surface area contributed by atoms with Crippen molar-refractivity contribution < 1.29 is 0 Å². The Morgan fingerprint density at radius 2 is 2.00 bits per heavy atom. The normalized spacial score (nSPS) is 21.8. The number of benzene rings is 1. The monoisotopic (exact) mass is 253 g/mol. The Labute approximate surface area is 115 Å². The fraction of sp³-hybridized carbons (Fsp3) is 0.500. The highest BCUT2D eigenvalue weighted by Crippen LogP contribution is 2.60. The number of nitrogens with zero attached hydrogens (tertiary/aromatic N) is 1. The van der Waals surface area contributed by atoms with Crippen LogP contribution in [0.25, 0.3) is 5.57 Å². The number of rotatable bonds is 3. The second-order valence-electron chi connectivity index (χ2n) is 6.09. The predicted octanol–water partition coefficient (Wildman–Crippen LogP) is 3.24. The molecule has 1 saturated carbocycles. The van der Waals surface area contributed by atoms with Crippen LogP contribution in [0.4, 0.5) is 0 Å². The molecule has 2 aliphatic rings. The minimum atomic E-state index is 0.422. The van der Waals surface area contributed by atoms with Crippen molar-refractivity contribution in [1.82, 2.24) is 0 Å². The van der Waals surface area contributed by atoms with Crippen LogP contribution in [0.3, 0.4) is 0 Å². The topological polar surface area (TPSA) is 12.4 Å². The largest absolute Gasteiger partial charge is 0.281 e. The lowest BCUT2D eigenvalue weighted by Gasteiger charge is -2.26. The molecule has 1 aromatic rings. The molecule has 1 fully saturated rings. The molecule has 0 amide bonds. The highest BCUT2D eigenvalue weighted by atomic mass is 14.7. The van der Waals surface area contributed by atoms with Crippen LogP contribution in [0.2, 0.25) is 0 Å². The van der Waals surface area contributed by atoms with Gasteiger partial charge in [-0.05, 0) is 48.3 Å². The third kappa shape index (κ3) is 1.96. The fourth-order valence-corrected chi connectivity index (χ4v) is 3.59. The van der Waals surface area contributed by atoms with Crippen molar-refractivity contribution in [3.8, 4) is 0 Å². The smallest absolute Gasteiger partial charge is 0.0653 e. The molecule has 1 aliphatic carbocycles. The van der Waals surface area contributed by atoms with E-state index in [1.807, 2.05) is 0 Å². The van der Waals surface area contributed by atoms with Crippen LogP contribution < -0.4 is 10.6 Å². The van der Waals surface area contributed by atoms with E-state index in [1.54, 1.807) is 5.57 Å². The molecule has 0 N–H and O–H groups in total. The molecule has 1 aromatic carbocycles. The minimum Gasteiger partial charge on any atom is -0.281 e. The SMILES string of the molecule is CCC(C)C1(C2=c3ccccc3=NCC=C2C)CC1. The maximum absolute atomic E-state index is 4.72. The van der Waals surface area contributed by atoms with Crippen molar-refractivity contribution in [1.29, 1.82) is 0 Å². The van der Waals surface area contributed by atoms with Crippen molar-refractivity contribution in [2.24, 2.45) is 16.3 Å². The zero-order valence-corrected chi connectivity index (χ0v) is 12.2. The van der Waals surface area contributed by atoms with Crippen LogP contribution in [-0.2, 0) is 0 Å². The summed E-state index contributed by atoms with van der Waals surface area (Å²) in [7, 11) is 0. The lowest BCUT2D eigenvalue weighted by atomic mass is 9.78. The van der Waals surface area contributed by atoms with Crippen LogP contribution in [0.1, 0.15) is 40.0 Å². The van der Waals surface area contributed by atoms with Gasteiger partial charge in [0.05, 0.1) is 11.9 Å². The molecule has 1 aliphatic heterocycles. The van der Waals surface area contributed by atoms with Crippen molar-refractivity contribution in [3.63, 3.8) is 0 Å². The first-order valence-electron chi connectivity index (χ1n) is 7.50. The second kappa shape index (κ2) is 4.63. The molecule has 0 radical (unpaired) electrons. The molecule has 1 unspecified atom stereocenters. The Hall–Kier alpha value is -1.37. The number of fused-ring (bicyclic) bond motifs is 1. The number of hydrogen-bond acceptors (Lipinski definition) is 1. The molecule has 0 spiro atoms. The van der Waals surface area contributed by atoms with Gasteiger partial charge in [0.2, 0.25) is 0 Å². The molecule has 1 heterocycles. The lowest BCUT2D eigenvalue weighted by molar-refractivity contribution is 0.408. The third-order valence-electron chi connectivity index (χ3n) is 5.07. The summed E-state index contributed by atoms with van der Waals surface area (Å²) in [5.41, 5.74) is 3.45. The quantitative estimate of drug-likeness (QED) is 0.784. The lowest BCUT2D eigenvalue weighted by Crippen LogP contribution is -2.31. The van der Waals surface area contributed by atoms with E-state index in [9.17, 15) is 0 Å². The molecule has 1 heteroatoms. The third-order valence-corrected chi connectivity index (χ3v) is 5.07. The summed E-state index contributed by atoms with van der Waals surface area (Å²) in [6, 6.07) is 8.68. The Kier molecular flexibility index (Phi) is 3.08. The van der Waals surface area contributed by atoms with Crippen molar-refractivity contribution in [3.05, 3.63) is 46.5 Å². The number of hydrogen-bond donors (Lipinski definition) is 0. The summed E-state index contributed by atoms with van der Waals surface area (Å²) in [4.78, 5) is 4.72. The molecule has 0 saturated heterocycles. The van der Waals surface area contributed by atoms with Gasteiger partial charge in [-0.1, -0.05) is 44.5 Å². The van der Waals surface area contributed by atoms with Gasteiger partial charge in [0.25, 0.3) is 0 Å². The maximum atomic E-state index is 4.72. The summed E-state index contributed by atoms with van der Waals surface area (Å²) in [5, 5.41) is 2.56. The zero-order valence-electron chi connectivity index (χ0n) is 12.2. The Bertz CT molecular complexity index is 632. The Balaban J connectivity index is 2.30. The first-order chi connectivity index (χ1) is 9.19. The summed E-state index contributed by atoms with van der Waals surface area (Å²) in [6.45, 7) is 7.83. The average molecular weight is 253 g/mol. The highest BCUT2D eigenvalue weighted by Gasteiger charge is 2.50. The minimum absolute atomic E-state index is 0.422. The zero-order chi connectivity index (χ0) is 13.5. The van der Waals surface area contributed by atoms with E-state index < -0.39 is 0 Å². The first kappa shape index (κ1) is 12.7. The van der Waals surface area contributed by atoms with Crippen molar-refractivity contribution in [2.45, 2.75) is 40.0 Å². The molecule has 1 atom stereocenters. The van der Waals surface area contributed by atoms with Crippen LogP contribution in [0.15, 0.2) is 40.9 Å². The summed E-state index contributed by atoms with van der Waals surface area (Å²) in [5.74, 6) is 0.761. The van der Waals surface area contributed by atoms with Gasteiger partial charge in [0.1, 0.15) is 0 Å². The van der Waals surface area contributed by atoms with Gasteiger partial charge in [-0.3, -0.25) is 4.99 Å². The van der Waals surface area contributed by atoms with Crippen LogP contribution in [0.5, 0.6) is 0 Å². The van der Waals surface area contributed by atoms with Gasteiger partial charge in [-0.25, -0.2) is 0 Å². The average Bonchev–Trinajstić information content (AvgIpc) is 3.21. The van der Waals surface area contributed by atoms with Crippen LogP contribution in [0, 0.1) is 11.3 Å². The van der Waals surface area contributed by atoms with Gasteiger partial charge < -0.3 is 0 Å². The Morgan fingerprint density at radius 1 is 1.26 bits per heavy atom. The standard InChI is InChI=1S/C18H23N/c1-4-14(3)18(10-11-18)17-13(2)9-12-19-16-8-6-5-7-15(16)17/h5-9,14H,4,10-12H2,1-3H3. The molecule has 100 valence electrons. The van der Waals surface area contributed by atoms with Gasteiger partial charge >= 0.3 is 0 Å². The molecule has 19 heavy (non-hydrogen) atoms. The first-order valence-corrected chi connectivity index (χ1v) is 7.50. The molecule has 0 bridgehead atoms. The van der Waals surface area contributed by atoms with Gasteiger partial charge in [0.15, 0.2) is 0 Å². The molecule has 0 aromatic heterocycles. The van der Waals surface area contributed by atoms with Crippen molar-refractivity contribution >= 4 is 5.57 Å². The molecule has 3 rings (SSSR count). The van der Waals surface area contributed by atoms with Gasteiger partial charge in [-0.2, -0.15) is 0 Å².